The molecule has 0 aliphatic rings. The number of carboxylic acid groups (broad SMARTS) is 1. The predicted molar refractivity (Wildman–Crippen MR) is 46.2 cm³/mol. The SMILES string of the molecule is CC(=O)O.Cc1ccc(O)cc1. The fourth-order valence-electron chi connectivity index (χ4n) is 0.545. The summed E-state index contributed by atoms with van der Waals surface area (Å²) in [6, 6.07) is 7.09. The second kappa shape index (κ2) is 5.18. The molecule has 0 atom stereocenters. The fourth-order valence-corrected chi connectivity index (χ4v) is 0.545. The maximum Gasteiger partial charge on any atom is 0.300 e. The summed E-state index contributed by atoms with van der Waals surface area (Å²) >= 11 is 0. The van der Waals surface area contributed by atoms with Crippen molar-refractivity contribution in [3.05, 3.63) is 29.8 Å². The molecule has 12 heavy (non-hydrogen) atoms. The lowest BCUT2D eigenvalue weighted by Gasteiger charge is -1.89. The molecule has 0 bridgehead atoms. The van der Waals surface area contributed by atoms with Crippen LogP contribution in [0.15, 0.2) is 24.3 Å². The van der Waals surface area contributed by atoms with Crippen LogP contribution in [-0.4, -0.2) is 16.2 Å². The summed E-state index contributed by atoms with van der Waals surface area (Å²) in [5.74, 6) is -0.504. The number of rotatable bonds is 0. The van der Waals surface area contributed by atoms with Gasteiger partial charge in [-0.1, -0.05) is 17.7 Å². The van der Waals surface area contributed by atoms with Crippen LogP contribution in [0.5, 0.6) is 5.75 Å². The molecule has 0 aliphatic carbocycles. The van der Waals surface area contributed by atoms with Crippen LogP contribution in [0.2, 0.25) is 0 Å². The summed E-state index contributed by atoms with van der Waals surface area (Å²) < 4.78 is 0. The lowest BCUT2D eigenvalue weighted by Crippen LogP contribution is -1.78. The molecule has 0 heterocycles. The molecule has 1 rings (SSSR count). The van der Waals surface area contributed by atoms with E-state index >= 15 is 0 Å². The average molecular weight is 168 g/mol. The molecule has 0 saturated carbocycles. The summed E-state index contributed by atoms with van der Waals surface area (Å²) in [5, 5.41) is 16.2. The van der Waals surface area contributed by atoms with Gasteiger partial charge in [0.2, 0.25) is 0 Å². The van der Waals surface area contributed by atoms with E-state index in [1.54, 1.807) is 12.1 Å². The fraction of sp³-hybridized carbons (Fsp3) is 0.222. The Bertz CT molecular complexity index is 213. The van der Waals surface area contributed by atoms with Gasteiger partial charge in [0.25, 0.3) is 5.97 Å². The van der Waals surface area contributed by atoms with Crippen LogP contribution in [0.4, 0.5) is 0 Å². The Balaban J connectivity index is 0.000000261. The van der Waals surface area contributed by atoms with Crippen molar-refractivity contribution in [2.24, 2.45) is 0 Å². The zero-order chi connectivity index (χ0) is 9.56. The third kappa shape index (κ3) is 6.61. The van der Waals surface area contributed by atoms with Gasteiger partial charge in [0, 0.05) is 6.92 Å². The molecule has 0 fully saturated rings. The third-order valence-corrected chi connectivity index (χ3v) is 1.03. The molecule has 1 aromatic carbocycles. The summed E-state index contributed by atoms with van der Waals surface area (Å²) in [4.78, 5) is 9.00. The highest BCUT2D eigenvalue weighted by Gasteiger charge is 1.82. The normalized spacial score (nSPS) is 8.17. The first-order valence-corrected chi connectivity index (χ1v) is 3.47. The molecule has 1 aromatic rings. The molecule has 0 aromatic heterocycles. The Morgan fingerprint density at radius 3 is 1.83 bits per heavy atom. The highest BCUT2D eigenvalue weighted by Crippen LogP contribution is 2.07. The number of benzene rings is 1. The van der Waals surface area contributed by atoms with E-state index in [9.17, 15) is 0 Å². The molecule has 0 spiro atoms. The van der Waals surface area contributed by atoms with Gasteiger partial charge in [0.1, 0.15) is 5.75 Å². The Morgan fingerprint density at radius 1 is 1.25 bits per heavy atom. The van der Waals surface area contributed by atoms with Crippen LogP contribution in [0, 0.1) is 6.92 Å². The third-order valence-electron chi connectivity index (χ3n) is 1.03. The van der Waals surface area contributed by atoms with Crippen molar-refractivity contribution in [3.8, 4) is 5.75 Å². The van der Waals surface area contributed by atoms with Crippen molar-refractivity contribution in [1.29, 1.82) is 0 Å². The number of hydrogen-bond donors (Lipinski definition) is 2. The molecular formula is C9H12O3. The number of aliphatic carboxylic acids is 1. The number of carbonyl (C=O) groups is 1. The Hall–Kier alpha value is -1.51. The lowest BCUT2D eigenvalue weighted by atomic mass is 10.2. The Labute approximate surface area is 71.3 Å². The molecule has 66 valence electrons. The topological polar surface area (TPSA) is 57.5 Å². The molecule has 3 heteroatoms. The van der Waals surface area contributed by atoms with Gasteiger partial charge in [0.15, 0.2) is 0 Å². The Kier molecular flexibility index (Phi) is 4.53. The molecular weight excluding hydrogens is 156 g/mol. The van der Waals surface area contributed by atoms with Crippen molar-refractivity contribution >= 4 is 5.97 Å². The van der Waals surface area contributed by atoms with Crippen LogP contribution in [-0.2, 0) is 4.79 Å². The van der Waals surface area contributed by atoms with E-state index in [2.05, 4.69) is 0 Å². The predicted octanol–water partition coefficient (Wildman–Crippen LogP) is 1.79. The number of aryl methyl sites for hydroxylation is 1. The minimum absolute atomic E-state index is 0.329. The van der Waals surface area contributed by atoms with E-state index in [0.717, 1.165) is 6.92 Å². The van der Waals surface area contributed by atoms with Gasteiger partial charge in [-0.05, 0) is 19.1 Å². The van der Waals surface area contributed by atoms with Crippen LogP contribution in [0.3, 0.4) is 0 Å². The van der Waals surface area contributed by atoms with Crippen LogP contribution < -0.4 is 0 Å². The lowest BCUT2D eigenvalue weighted by molar-refractivity contribution is -0.134. The second-order valence-electron chi connectivity index (χ2n) is 2.35. The van der Waals surface area contributed by atoms with Crippen LogP contribution >= 0.6 is 0 Å². The van der Waals surface area contributed by atoms with Crippen molar-refractivity contribution in [1.82, 2.24) is 0 Å². The van der Waals surface area contributed by atoms with Gasteiger partial charge < -0.3 is 10.2 Å². The summed E-state index contributed by atoms with van der Waals surface area (Å²) in [5.41, 5.74) is 1.17. The summed E-state index contributed by atoms with van der Waals surface area (Å²) in [7, 11) is 0. The Morgan fingerprint density at radius 2 is 1.58 bits per heavy atom. The molecule has 0 radical (unpaired) electrons. The maximum atomic E-state index is 9.00. The van der Waals surface area contributed by atoms with Gasteiger partial charge in [-0.25, -0.2) is 0 Å². The molecule has 3 nitrogen and oxygen atoms in total. The van der Waals surface area contributed by atoms with Gasteiger partial charge in [-0.3, -0.25) is 4.79 Å². The van der Waals surface area contributed by atoms with Crippen molar-refractivity contribution in [3.63, 3.8) is 0 Å². The number of phenolic OH excluding ortho intramolecular Hbond substituents is 1. The number of phenols is 1. The molecule has 0 unspecified atom stereocenters. The van der Waals surface area contributed by atoms with E-state index in [1.165, 1.54) is 5.56 Å². The first-order chi connectivity index (χ1) is 5.52. The first kappa shape index (κ1) is 10.5. The molecule has 2 N–H and O–H groups in total. The zero-order valence-electron chi connectivity index (χ0n) is 7.11. The number of hydrogen-bond acceptors (Lipinski definition) is 2. The summed E-state index contributed by atoms with van der Waals surface area (Å²) in [6.07, 6.45) is 0. The zero-order valence-corrected chi connectivity index (χ0v) is 7.11. The monoisotopic (exact) mass is 168 g/mol. The largest absolute Gasteiger partial charge is 0.508 e. The van der Waals surface area contributed by atoms with Gasteiger partial charge in [-0.2, -0.15) is 0 Å². The standard InChI is InChI=1S/C7H8O.C2H4O2/c1-6-2-4-7(8)5-3-6;1-2(3)4/h2-5,8H,1H3;1H3,(H,3,4). The molecule has 0 saturated heterocycles. The van der Waals surface area contributed by atoms with Crippen LogP contribution in [0.1, 0.15) is 12.5 Å². The van der Waals surface area contributed by atoms with Gasteiger partial charge in [0.05, 0.1) is 0 Å². The van der Waals surface area contributed by atoms with E-state index in [1.807, 2.05) is 19.1 Å². The van der Waals surface area contributed by atoms with Crippen molar-refractivity contribution < 1.29 is 15.0 Å². The highest BCUT2D eigenvalue weighted by molar-refractivity contribution is 5.62. The second-order valence-corrected chi connectivity index (χ2v) is 2.35. The first-order valence-electron chi connectivity index (χ1n) is 3.47. The highest BCUT2D eigenvalue weighted by atomic mass is 16.4. The van der Waals surface area contributed by atoms with Crippen molar-refractivity contribution in [2.45, 2.75) is 13.8 Å². The number of carboxylic acids is 1. The molecule has 0 aliphatic heterocycles. The maximum absolute atomic E-state index is 9.00. The number of aromatic hydroxyl groups is 1. The van der Waals surface area contributed by atoms with E-state index in [-0.39, 0.29) is 0 Å². The van der Waals surface area contributed by atoms with Gasteiger partial charge >= 0.3 is 0 Å². The van der Waals surface area contributed by atoms with E-state index < -0.39 is 5.97 Å². The minimum Gasteiger partial charge on any atom is -0.508 e. The molecule has 0 amide bonds. The van der Waals surface area contributed by atoms with E-state index in [0.29, 0.717) is 5.75 Å². The average Bonchev–Trinajstić information content (AvgIpc) is 1.94. The van der Waals surface area contributed by atoms with Crippen molar-refractivity contribution in [2.75, 3.05) is 0 Å². The smallest absolute Gasteiger partial charge is 0.300 e. The van der Waals surface area contributed by atoms with Crippen LogP contribution in [0.25, 0.3) is 0 Å². The van der Waals surface area contributed by atoms with Gasteiger partial charge in [-0.15, -0.1) is 0 Å². The van der Waals surface area contributed by atoms with E-state index in [4.69, 9.17) is 15.0 Å². The summed E-state index contributed by atoms with van der Waals surface area (Å²) in [6.45, 7) is 3.07. The minimum atomic E-state index is -0.833. The quantitative estimate of drug-likeness (QED) is 0.621.